The van der Waals surface area contributed by atoms with Gasteiger partial charge in [0.1, 0.15) is 12.4 Å². The first-order valence-electron chi connectivity index (χ1n) is 9.27. The molecule has 0 saturated heterocycles. The Kier molecular flexibility index (Phi) is 5.56. The van der Waals surface area contributed by atoms with Crippen molar-refractivity contribution in [2.24, 2.45) is 0 Å². The Labute approximate surface area is 186 Å². The predicted molar refractivity (Wildman–Crippen MR) is 117 cm³/mol. The Morgan fingerprint density at radius 2 is 1.90 bits per heavy atom. The largest absolute Gasteiger partial charge is 0.480 e. The molecular formula is C22H16Cl2FN3O3. The Morgan fingerprint density at radius 3 is 2.61 bits per heavy atom. The van der Waals surface area contributed by atoms with Crippen LogP contribution in [0.4, 0.5) is 4.39 Å². The summed E-state index contributed by atoms with van der Waals surface area (Å²) in [6.07, 6.45) is 0. The van der Waals surface area contributed by atoms with Crippen LogP contribution in [0.25, 0.3) is 22.2 Å². The fourth-order valence-electron chi connectivity index (χ4n) is 3.62. The van der Waals surface area contributed by atoms with E-state index in [2.05, 4.69) is 5.10 Å². The molecule has 0 saturated carbocycles. The summed E-state index contributed by atoms with van der Waals surface area (Å²) in [6.45, 7) is 1.57. The molecule has 158 valence electrons. The van der Waals surface area contributed by atoms with Gasteiger partial charge in [-0.2, -0.15) is 5.10 Å². The molecule has 0 aliphatic rings. The average molecular weight is 460 g/mol. The molecule has 4 aromatic rings. The van der Waals surface area contributed by atoms with Crippen LogP contribution in [-0.2, 0) is 17.9 Å². The second-order valence-electron chi connectivity index (χ2n) is 7.05. The van der Waals surface area contributed by atoms with Crippen molar-refractivity contribution in [2.75, 3.05) is 0 Å². The van der Waals surface area contributed by atoms with Crippen LogP contribution < -0.4 is 5.56 Å². The molecule has 0 fully saturated rings. The summed E-state index contributed by atoms with van der Waals surface area (Å²) >= 11 is 12.2. The van der Waals surface area contributed by atoms with Crippen LogP contribution in [0.3, 0.4) is 0 Å². The van der Waals surface area contributed by atoms with E-state index in [-0.39, 0.29) is 18.6 Å². The SMILES string of the molecule is Cc1c(-c2ccc(=O)n(Cc3ccc(Cl)cc3Cl)n2)c2cc(F)ccc2n1CC(=O)O. The topological polar surface area (TPSA) is 77.1 Å². The lowest BCUT2D eigenvalue weighted by atomic mass is 10.1. The molecule has 0 bridgehead atoms. The minimum Gasteiger partial charge on any atom is -0.480 e. The van der Waals surface area contributed by atoms with Crippen molar-refractivity contribution in [1.29, 1.82) is 0 Å². The number of fused-ring (bicyclic) bond motifs is 1. The monoisotopic (exact) mass is 459 g/mol. The molecule has 0 aliphatic heterocycles. The van der Waals surface area contributed by atoms with Crippen LogP contribution in [0.5, 0.6) is 0 Å². The minimum absolute atomic E-state index is 0.115. The first-order chi connectivity index (χ1) is 14.7. The molecule has 2 aromatic carbocycles. The van der Waals surface area contributed by atoms with E-state index in [0.717, 1.165) is 0 Å². The highest BCUT2D eigenvalue weighted by atomic mass is 35.5. The fraction of sp³-hybridized carbons (Fsp3) is 0.136. The van der Waals surface area contributed by atoms with E-state index >= 15 is 0 Å². The molecule has 9 heteroatoms. The highest BCUT2D eigenvalue weighted by Gasteiger charge is 2.19. The third-order valence-corrected chi connectivity index (χ3v) is 5.62. The summed E-state index contributed by atoms with van der Waals surface area (Å²) in [4.78, 5) is 23.8. The van der Waals surface area contributed by atoms with Gasteiger partial charge in [-0.05, 0) is 48.9 Å². The highest BCUT2D eigenvalue weighted by molar-refractivity contribution is 6.35. The molecular weight excluding hydrogens is 444 g/mol. The lowest BCUT2D eigenvalue weighted by molar-refractivity contribution is -0.137. The van der Waals surface area contributed by atoms with Crippen molar-refractivity contribution in [3.63, 3.8) is 0 Å². The molecule has 6 nitrogen and oxygen atoms in total. The van der Waals surface area contributed by atoms with Gasteiger partial charge in [0.05, 0.1) is 12.2 Å². The molecule has 4 rings (SSSR count). The molecule has 0 unspecified atom stereocenters. The van der Waals surface area contributed by atoms with Gasteiger partial charge >= 0.3 is 5.97 Å². The normalized spacial score (nSPS) is 11.2. The van der Waals surface area contributed by atoms with E-state index in [9.17, 15) is 19.1 Å². The zero-order chi connectivity index (χ0) is 22.3. The van der Waals surface area contributed by atoms with Crippen LogP contribution in [0.2, 0.25) is 10.0 Å². The van der Waals surface area contributed by atoms with Gasteiger partial charge in [0, 0.05) is 38.3 Å². The van der Waals surface area contributed by atoms with Gasteiger partial charge < -0.3 is 9.67 Å². The van der Waals surface area contributed by atoms with E-state index in [0.29, 0.717) is 43.5 Å². The Balaban J connectivity index is 1.88. The van der Waals surface area contributed by atoms with Crippen LogP contribution in [-0.4, -0.2) is 25.4 Å². The van der Waals surface area contributed by atoms with Crippen LogP contribution in [0.15, 0.2) is 53.3 Å². The van der Waals surface area contributed by atoms with Crippen LogP contribution in [0, 0.1) is 12.7 Å². The first kappa shape index (κ1) is 21.1. The van der Waals surface area contributed by atoms with Gasteiger partial charge in [0.2, 0.25) is 0 Å². The average Bonchev–Trinajstić information content (AvgIpc) is 2.96. The maximum absolute atomic E-state index is 14.0. The molecule has 2 aromatic heterocycles. The van der Waals surface area contributed by atoms with Crippen molar-refractivity contribution in [2.45, 2.75) is 20.0 Å². The molecule has 0 spiro atoms. The summed E-state index contributed by atoms with van der Waals surface area (Å²) in [7, 11) is 0. The van der Waals surface area contributed by atoms with Gasteiger partial charge in [-0.15, -0.1) is 0 Å². The lowest BCUT2D eigenvalue weighted by Gasteiger charge is -2.10. The number of aliphatic carboxylic acids is 1. The van der Waals surface area contributed by atoms with E-state index in [1.54, 1.807) is 35.8 Å². The maximum atomic E-state index is 14.0. The molecule has 2 heterocycles. The van der Waals surface area contributed by atoms with Crippen LogP contribution >= 0.6 is 23.2 Å². The number of hydrogen-bond donors (Lipinski definition) is 1. The number of nitrogens with zero attached hydrogens (tertiary/aromatic N) is 3. The molecule has 1 N–H and O–H groups in total. The summed E-state index contributed by atoms with van der Waals surface area (Å²) < 4.78 is 16.9. The van der Waals surface area contributed by atoms with Crippen molar-refractivity contribution in [1.82, 2.24) is 14.3 Å². The Bertz CT molecular complexity index is 1400. The number of carboxylic acids is 1. The molecule has 31 heavy (non-hydrogen) atoms. The number of benzene rings is 2. The second-order valence-corrected chi connectivity index (χ2v) is 7.90. The third-order valence-electron chi connectivity index (χ3n) is 5.04. The quantitative estimate of drug-likeness (QED) is 0.466. The number of hydrogen-bond acceptors (Lipinski definition) is 3. The molecule has 0 aliphatic carbocycles. The summed E-state index contributed by atoms with van der Waals surface area (Å²) in [5, 5.41) is 15.2. The van der Waals surface area contributed by atoms with Crippen molar-refractivity contribution >= 4 is 40.1 Å². The van der Waals surface area contributed by atoms with Gasteiger partial charge in [-0.25, -0.2) is 9.07 Å². The van der Waals surface area contributed by atoms with E-state index in [1.165, 1.54) is 28.9 Å². The maximum Gasteiger partial charge on any atom is 0.323 e. The van der Waals surface area contributed by atoms with E-state index < -0.39 is 11.8 Å². The van der Waals surface area contributed by atoms with Gasteiger partial charge in [-0.3, -0.25) is 9.59 Å². The third kappa shape index (κ3) is 4.06. The molecule has 0 amide bonds. The highest BCUT2D eigenvalue weighted by Crippen LogP contribution is 2.34. The van der Waals surface area contributed by atoms with Gasteiger partial charge in [-0.1, -0.05) is 29.3 Å². The summed E-state index contributed by atoms with van der Waals surface area (Å²) in [5.74, 6) is -1.48. The fourth-order valence-corrected chi connectivity index (χ4v) is 4.09. The summed E-state index contributed by atoms with van der Waals surface area (Å²) in [5.41, 5.74) is 2.47. The smallest absolute Gasteiger partial charge is 0.323 e. The number of carboxylic acid groups (broad SMARTS) is 1. The van der Waals surface area contributed by atoms with Crippen molar-refractivity contribution in [3.8, 4) is 11.3 Å². The van der Waals surface area contributed by atoms with Crippen molar-refractivity contribution < 1.29 is 14.3 Å². The first-order valence-corrected chi connectivity index (χ1v) is 10.0. The zero-order valence-corrected chi connectivity index (χ0v) is 17.8. The number of rotatable bonds is 5. The molecule has 0 radical (unpaired) electrons. The standard InChI is InChI=1S/C22H16Cl2FN3O3/c1-12-22(16-9-15(25)4-6-19(16)27(12)11-21(30)31)18-5-7-20(29)28(26-18)10-13-2-3-14(23)8-17(13)24/h2-9H,10-11H2,1H3,(H,30,31). The predicted octanol–water partition coefficient (Wildman–Crippen LogP) is 4.75. The minimum atomic E-state index is -1.02. The van der Waals surface area contributed by atoms with E-state index in [4.69, 9.17) is 23.2 Å². The van der Waals surface area contributed by atoms with Gasteiger partial charge in [0.25, 0.3) is 5.56 Å². The number of halogens is 3. The Hall–Kier alpha value is -3.16. The van der Waals surface area contributed by atoms with E-state index in [1.807, 2.05) is 0 Å². The second kappa shape index (κ2) is 8.17. The van der Waals surface area contributed by atoms with Crippen molar-refractivity contribution in [3.05, 3.63) is 86.0 Å². The lowest BCUT2D eigenvalue weighted by Crippen LogP contribution is -2.23. The van der Waals surface area contributed by atoms with Crippen LogP contribution in [0.1, 0.15) is 11.3 Å². The zero-order valence-electron chi connectivity index (χ0n) is 16.3. The number of carbonyl (C=O) groups is 1. The summed E-state index contributed by atoms with van der Waals surface area (Å²) in [6, 6.07) is 12.0. The Morgan fingerprint density at radius 1 is 1.13 bits per heavy atom. The number of aromatic nitrogens is 3. The van der Waals surface area contributed by atoms with Gasteiger partial charge in [0.15, 0.2) is 0 Å². The molecule has 0 atom stereocenters.